The fourth-order valence-electron chi connectivity index (χ4n) is 3.87. The van der Waals surface area contributed by atoms with Crippen LogP contribution >= 0.6 is 12.6 Å². The van der Waals surface area contributed by atoms with E-state index in [0.29, 0.717) is 0 Å². The number of unbranched alkanes of at least 4 members (excludes halogenated alkanes) is 1. The van der Waals surface area contributed by atoms with E-state index in [0.717, 1.165) is 35.3 Å². The highest BCUT2D eigenvalue weighted by Crippen LogP contribution is 2.30. The molecule has 142 valence electrons. The van der Waals surface area contributed by atoms with Crippen LogP contribution in [0.3, 0.4) is 0 Å². The molecule has 0 saturated carbocycles. The largest absolute Gasteiger partial charge is 0.179 e. The van der Waals surface area contributed by atoms with Gasteiger partial charge in [0.1, 0.15) is 0 Å². The maximum Gasteiger partial charge on any atom is -0.00692 e. The molecule has 0 radical (unpaired) electrons. The molecular formula is C23H44S. The first-order chi connectivity index (χ1) is 11.5. The fraction of sp³-hybridized carbons (Fsp3) is 0.826. The van der Waals surface area contributed by atoms with E-state index in [-0.39, 0.29) is 0 Å². The molecule has 0 rings (SSSR count). The van der Waals surface area contributed by atoms with Crippen LogP contribution in [0.1, 0.15) is 86.5 Å². The van der Waals surface area contributed by atoms with Gasteiger partial charge in [-0.25, -0.2) is 0 Å². The lowest BCUT2D eigenvalue weighted by molar-refractivity contribution is 0.319. The lowest BCUT2D eigenvalue weighted by Gasteiger charge is -2.25. The van der Waals surface area contributed by atoms with Crippen LogP contribution in [-0.4, -0.2) is 5.75 Å². The minimum Gasteiger partial charge on any atom is -0.179 e. The monoisotopic (exact) mass is 352 g/mol. The predicted octanol–water partition coefficient (Wildman–Crippen LogP) is 7.96. The van der Waals surface area contributed by atoms with Gasteiger partial charge in [0.25, 0.3) is 0 Å². The van der Waals surface area contributed by atoms with Gasteiger partial charge in [-0.05, 0) is 74.9 Å². The van der Waals surface area contributed by atoms with Crippen LogP contribution in [0, 0.1) is 29.6 Å². The van der Waals surface area contributed by atoms with Crippen molar-refractivity contribution in [2.75, 3.05) is 5.75 Å². The predicted molar refractivity (Wildman–Crippen MR) is 116 cm³/mol. The molecule has 0 fully saturated rings. The number of rotatable bonds is 14. The topological polar surface area (TPSA) is 0 Å². The third kappa shape index (κ3) is 11.4. The average Bonchev–Trinajstić information content (AvgIpc) is 2.55. The molecule has 1 heteroatoms. The number of thiol groups is 1. The molecule has 0 aliphatic carbocycles. The summed E-state index contributed by atoms with van der Waals surface area (Å²) < 4.78 is 0. The smallest absolute Gasteiger partial charge is 0.00692 e. The fourth-order valence-corrected chi connectivity index (χ4v) is 4.17. The average molecular weight is 353 g/mol. The minimum atomic E-state index is 0.719. The van der Waals surface area contributed by atoms with Crippen LogP contribution in [0.5, 0.6) is 0 Å². The van der Waals surface area contributed by atoms with Gasteiger partial charge in [0, 0.05) is 0 Å². The summed E-state index contributed by atoms with van der Waals surface area (Å²) in [5.41, 5.74) is 0. The lowest BCUT2D eigenvalue weighted by Crippen LogP contribution is -2.15. The maximum atomic E-state index is 4.61. The van der Waals surface area contributed by atoms with Gasteiger partial charge in [-0.15, -0.1) is 0 Å². The summed E-state index contributed by atoms with van der Waals surface area (Å²) in [6.07, 6.45) is 18.7. The van der Waals surface area contributed by atoms with E-state index >= 15 is 0 Å². The Kier molecular flexibility index (Phi) is 15.0. The van der Waals surface area contributed by atoms with Crippen molar-refractivity contribution in [2.45, 2.75) is 86.5 Å². The normalized spacial score (nSPS) is 17.7. The molecule has 0 N–H and O–H groups in total. The Balaban J connectivity index is 4.66. The van der Waals surface area contributed by atoms with Crippen molar-refractivity contribution in [3.05, 3.63) is 24.3 Å². The number of hydrogen-bond acceptors (Lipinski definition) is 1. The van der Waals surface area contributed by atoms with E-state index in [1.54, 1.807) is 0 Å². The first kappa shape index (κ1) is 23.8. The highest BCUT2D eigenvalue weighted by molar-refractivity contribution is 7.80. The highest BCUT2D eigenvalue weighted by Gasteiger charge is 2.19. The van der Waals surface area contributed by atoms with Gasteiger partial charge in [-0.1, -0.05) is 71.3 Å². The van der Waals surface area contributed by atoms with Gasteiger partial charge in [0.2, 0.25) is 0 Å². The van der Waals surface area contributed by atoms with Crippen molar-refractivity contribution in [3.63, 3.8) is 0 Å². The Morgan fingerprint density at radius 3 is 2.04 bits per heavy atom. The van der Waals surface area contributed by atoms with Crippen LogP contribution in [-0.2, 0) is 0 Å². The third-order valence-corrected chi connectivity index (χ3v) is 5.73. The van der Waals surface area contributed by atoms with Crippen LogP contribution < -0.4 is 0 Å². The second kappa shape index (κ2) is 15.1. The van der Waals surface area contributed by atoms with Crippen molar-refractivity contribution < 1.29 is 0 Å². The minimum absolute atomic E-state index is 0.719. The van der Waals surface area contributed by atoms with E-state index < -0.39 is 0 Å². The van der Waals surface area contributed by atoms with Crippen LogP contribution in [0.2, 0.25) is 0 Å². The van der Waals surface area contributed by atoms with E-state index in [9.17, 15) is 0 Å². The van der Waals surface area contributed by atoms with Gasteiger partial charge >= 0.3 is 0 Å². The second-order valence-corrected chi connectivity index (χ2v) is 8.45. The van der Waals surface area contributed by atoms with Crippen molar-refractivity contribution in [1.29, 1.82) is 0 Å². The summed E-state index contributed by atoms with van der Waals surface area (Å²) >= 11 is 4.61. The molecule has 0 spiro atoms. The molecular weight excluding hydrogens is 308 g/mol. The molecule has 0 bridgehead atoms. The maximum absolute atomic E-state index is 4.61. The Labute approximate surface area is 159 Å². The molecule has 4 atom stereocenters. The quantitative estimate of drug-likeness (QED) is 0.238. The zero-order chi connectivity index (χ0) is 18.4. The van der Waals surface area contributed by atoms with Gasteiger partial charge < -0.3 is 0 Å². The molecule has 0 aromatic rings. The summed E-state index contributed by atoms with van der Waals surface area (Å²) in [6.45, 7) is 13.7. The molecule has 0 heterocycles. The van der Waals surface area contributed by atoms with Gasteiger partial charge in [0.15, 0.2) is 0 Å². The summed E-state index contributed by atoms with van der Waals surface area (Å²) in [4.78, 5) is 0. The number of hydrogen-bond donors (Lipinski definition) is 1. The van der Waals surface area contributed by atoms with E-state index in [4.69, 9.17) is 0 Å². The van der Waals surface area contributed by atoms with Crippen LogP contribution in [0.4, 0.5) is 0 Å². The third-order valence-electron chi connectivity index (χ3n) is 5.22. The summed E-state index contributed by atoms with van der Waals surface area (Å²) in [6, 6.07) is 0. The molecule has 0 aromatic carbocycles. The SMILES string of the molecule is CC=CC(CCC(/C=C\C)C(C)CCCC)CC(CS)CC(C)C. The second-order valence-electron chi connectivity index (χ2n) is 8.09. The van der Waals surface area contributed by atoms with E-state index in [1.165, 1.54) is 44.9 Å². The van der Waals surface area contributed by atoms with Gasteiger partial charge in [-0.3, -0.25) is 0 Å². The van der Waals surface area contributed by atoms with Crippen LogP contribution in [0.25, 0.3) is 0 Å². The Morgan fingerprint density at radius 1 is 0.875 bits per heavy atom. The zero-order valence-electron chi connectivity index (χ0n) is 17.3. The van der Waals surface area contributed by atoms with Crippen molar-refractivity contribution in [3.8, 4) is 0 Å². The van der Waals surface area contributed by atoms with E-state index in [1.807, 2.05) is 0 Å². The van der Waals surface area contributed by atoms with Crippen molar-refractivity contribution in [2.24, 2.45) is 29.6 Å². The highest BCUT2D eigenvalue weighted by atomic mass is 32.1. The van der Waals surface area contributed by atoms with Gasteiger partial charge in [-0.2, -0.15) is 12.6 Å². The molecule has 4 unspecified atom stereocenters. The molecule has 0 saturated heterocycles. The molecule has 0 amide bonds. The van der Waals surface area contributed by atoms with Crippen LogP contribution in [0.15, 0.2) is 24.3 Å². The molecule has 0 aromatic heterocycles. The summed E-state index contributed by atoms with van der Waals surface area (Å²) in [5.74, 6) is 4.83. The van der Waals surface area contributed by atoms with Gasteiger partial charge in [0.05, 0.1) is 0 Å². The standard InChI is InChI=1S/C23H44S/c1-7-10-13-20(6)23(12-9-3)15-14-21(11-8-2)17-22(18-24)16-19(4)5/h8-9,11-12,19-24H,7,10,13-18H2,1-6H3/b11-8?,12-9-. The summed E-state index contributed by atoms with van der Waals surface area (Å²) in [7, 11) is 0. The molecule has 0 nitrogen and oxygen atoms in total. The zero-order valence-corrected chi connectivity index (χ0v) is 18.2. The molecule has 24 heavy (non-hydrogen) atoms. The number of allylic oxidation sites excluding steroid dienone is 4. The van der Waals surface area contributed by atoms with Crippen molar-refractivity contribution in [1.82, 2.24) is 0 Å². The molecule has 0 aliphatic rings. The molecule has 0 aliphatic heterocycles. The lowest BCUT2D eigenvalue weighted by atomic mass is 9.81. The first-order valence-electron chi connectivity index (χ1n) is 10.3. The first-order valence-corrected chi connectivity index (χ1v) is 11.0. The van der Waals surface area contributed by atoms with Crippen molar-refractivity contribution >= 4 is 12.6 Å². The summed E-state index contributed by atoms with van der Waals surface area (Å²) in [5, 5.41) is 0. The Bertz CT molecular complexity index is 329. The Hall–Kier alpha value is -0.170. The van der Waals surface area contributed by atoms with E-state index in [2.05, 4.69) is 78.5 Å². The Morgan fingerprint density at radius 2 is 1.54 bits per heavy atom.